The van der Waals surface area contributed by atoms with Crippen LogP contribution in [-0.4, -0.2) is 67.8 Å². The normalized spacial score (nSPS) is 12.7. The molecule has 162 valence electrons. The summed E-state index contributed by atoms with van der Waals surface area (Å²) in [6.07, 6.45) is 1.52. The average molecular weight is 418 g/mol. The second-order valence-corrected chi connectivity index (χ2v) is 6.68. The lowest BCUT2D eigenvalue weighted by molar-refractivity contribution is -0.152. The number of likely N-dealkylation sites (tertiary alicyclic amines) is 1. The van der Waals surface area contributed by atoms with Crippen molar-refractivity contribution in [1.82, 2.24) is 15.5 Å². The van der Waals surface area contributed by atoms with Crippen LogP contribution in [0.3, 0.4) is 0 Å². The van der Waals surface area contributed by atoms with Crippen molar-refractivity contribution in [2.45, 2.75) is 25.7 Å². The molecule has 10 nitrogen and oxygen atoms in total. The molecule has 5 amide bonds. The zero-order chi connectivity index (χ0) is 21.8. The van der Waals surface area contributed by atoms with Crippen LogP contribution < -0.4 is 16.0 Å². The first-order chi connectivity index (χ1) is 14.5. The fourth-order valence-corrected chi connectivity index (χ4v) is 2.67. The van der Waals surface area contributed by atoms with Crippen molar-refractivity contribution in [3.05, 3.63) is 29.8 Å². The highest BCUT2D eigenvalue weighted by atomic mass is 16.5. The Balaban J connectivity index is 1.60. The summed E-state index contributed by atoms with van der Waals surface area (Å²) in [7, 11) is 0. The average Bonchev–Trinajstić information content (AvgIpc) is 2.70. The Bertz CT molecular complexity index is 765. The fourth-order valence-electron chi connectivity index (χ4n) is 2.67. The molecule has 1 heterocycles. The van der Waals surface area contributed by atoms with E-state index in [1.54, 1.807) is 24.3 Å². The summed E-state index contributed by atoms with van der Waals surface area (Å²) < 4.78 is 5.28. The molecule has 0 bridgehead atoms. The molecule has 0 saturated carbocycles. The van der Waals surface area contributed by atoms with Gasteiger partial charge in [0.2, 0.25) is 30.0 Å². The van der Waals surface area contributed by atoms with Crippen LogP contribution in [0.2, 0.25) is 0 Å². The number of amides is 5. The molecule has 1 aliphatic heterocycles. The zero-order valence-electron chi connectivity index (χ0n) is 16.6. The summed E-state index contributed by atoms with van der Waals surface area (Å²) in [5.74, 6) is -1.26. The number of nitrogens with zero attached hydrogens (tertiary/aromatic N) is 1. The number of anilines is 1. The lowest BCUT2D eigenvalue weighted by Crippen LogP contribution is -2.48. The van der Waals surface area contributed by atoms with Gasteiger partial charge < -0.3 is 20.7 Å². The topological polar surface area (TPSA) is 134 Å². The van der Waals surface area contributed by atoms with E-state index in [-0.39, 0.29) is 31.2 Å². The first kappa shape index (κ1) is 23.0. The van der Waals surface area contributed by atoms with Crippen molar-refractivity contribution in [1.29, 1.82) is 0 Å². The SMILES string of the molecule is O=CNCCCOCCNC(=O)CC(=O)Nc1ccc(CC(=O)N2CCC2=O)cc1. The van der Waals surface area contributed by atoms with Gasteiger partial charge in [0.15, 0.2) is 0 Å². The van der Waals surface area contributed by atoms with Gasteiger partial charge >= 0.3 is 0 Å². The molecule has 0 unspecified atom stereocenters. The van der Waals surface area contributed by atoms with Crippen LogP contribution in [0.5, 0.6) is 0 Å². The second-order valence-electron chi connectivity index (χ2n) is 6.68. The zero-order valence-corrected chi connectivity index (χ0v) is 16.6. The number of nitrogens with one attached hydrogen (secondary N) is 3. The number of ether oxygens (including phenoxy) is 1. The summed E-state index contributed by atoms with van der Waals surface area (Å²) in [4.78, 5) is 58.2. The Morgan fingerprint density at radius 2 is 1.83 bits per heavy atom. The van der Waals surface area contributed by atoms with E-state index in [0.29, 0.717) is 51.2 Å². The molecule has 0 atom stereocenters. The van der Waals surface area contributed by atoms with E-state index in [0.717, 1.165) is 5.56 Å². The van der Waals surface area contributed by atoms with E-state index in [1.165, 1.54) is 4.90 Å². The number of rotatable bonds is 13. The third-order valence-corrected chi connectivity index (χ3v) is 4.33. The maximum Gasteiger partial charge on any atom is 0.233 e. The lowest BCUT2D eigenvalue weighted by atomic mass is 10.1. The van der Waals surface area contributed by atoms with Gasteiger partial charge in [0.25, 0.3) is 0 Å². The van der Waals surface area contributed by atoms with Crippen molar-refractivity contribution in [2.75, 3.05) is 38.2 Å². The number of hydrogen-bond acceptors (Lipinski definition) is 6. The Morgan fingerprint density at radius 1 is 1.07 bits per heavy atom. The van der Waals surface area contributed by atoms with Crippen LogP contribution in [-0.2, 0) is 35.1 Å². The lowest BCUT2D eigenvalue weighted by Gasteiger charge is -2.28. The van der Waals surface area contributed by atoms with E-state index in [4.69, 9.17) is 4.74 Å². The first-order valence-electron chi connectivity index (χ1n) is 9.73. The van der Waals surface area contributed by atoms with Crippen LogP contribution in [0, 0.1) is 0 Å². The molecule has 0 aromatic heterocycles. The summed E-state index contributed by atoms with van der Waals surface area (Å²) in [6.45, 7) is 2.07. The maximum absolute atomic E-state index is 12.0. The van der Waals surface area contributed by atoms with Crippen LogP contribution >= 0.6 is 0 Å². The van der Waals surface area contributed by atoms with Crippen molar-refractivity contribution < 1.29 is 28.7 Å². The highest BCUT2D eigenvalue weighted by molar-refractivity contribution is 6.03. The van der Waals surface area contributed by atoms with Gasteiger partial charge in [-0.25, -0.2) is 0 Å². The molecule has 1 aromatic carbocycles. The molecule has 10 heteroatoms. The van der Waals surface area contributed by atoms with Gasteiger partial charge in [0.1, 0.15) is 6.42 Å². The fraction of sp³-hybridized carbons (Fsp3) is 0.450. The largest absolute Gasteiger partial charge is 0.380 e. The van der Waals surface area contributed by atoms with Crippen molar-refractivity contribution in [3.63, 3.8) is 0 Å². The maximum atomic E-state index is 12.0. The van der Waals surface area contributed by atoms with Crippen molar-refractivity contribution >= 4 is 35.7 Å². The molecule has 1 fully saturated rings. The van der Waals surface area contributed by atoms with Gasteiger partial charge in [0, 0.05) is 38.3 Å². The second kappa shape index (κ2) is 12.3. The third-order valence-electron chi connectivity index (χ3n) is 4.33. The van der Waals surface area contributed by atoms with Gasteiger partial charge in [0.05, 0.1) is 13.0 Å². The van der Waals surface area contributed by atoms with E-state index < -0.39 is 11.8 Å². The van der Waals surface area contributed by atoms with Gasteiger partial charge in [-0.3, -0.25) is 28.9 Å². The Labute approximate surface area is 174 Å². The number of carbonyl (C=O) groups excluding carboxylic acids is 5. The molecule has 1 saturated heterocycles. The molecule has 0 radical (unpaired) electrons. The summed E-state index contributed by atoms with van der Waals surface area (Å²) in [6, 6.07) is 6.67. The minimum Gasteiger partial charge on any atom is -0.380 e. The molecule has 30 heavy (non-hydrogen) atoms. The predicted molar refractivity (Wildman–Crippen MR) is 107 cm³/mol. The monoisotopic (exact) mass is 418 g/mol. The van der Waals surface area contributed by atoms with Gasteiger partial charge in [-0.05, 0) is 24.1 Å². The van der Waals surface area contributed by atoms with Gasteiger partial charge in [-0.1, -0.05) is 12.1 Å². The van der Waals surface area contributed by atoms with Crippen LogP contribution in [0.4, 0.5) is 5.69 Å². The molecule has 2 rings (SSSR count). The third kappa shape index (κ3) is 8.00. The number of imide groups is 1. The predicted octanol–water partition coefficient (Wildman–Crippen LogP) is -0.414. The summed E-state index contributed by atoms with van der Waals surface area (Å²) in [5.41, 5.74) is 1.24. The Morgan fingerprint density at radius 3 is 2.47 bits per heavy atom. The van der Waals surface area contributed by atoms with Crippen molar-refractivity contribution in [2.24, 2.45) is 0 Å². The molecular weight excluding hydrogens is 392 g/mol. The number of β-lactam (4-membered cyclic amide) rings is 1. The highest BCUT2D eigenvalue weighted by Crippen LogP contribution is 2.14. The molecule has 0 spiro atoms. The van der Waals surface area contributed by atoms with E-state index in [9.17, 15) is 24.0 Å². The molecular formula is C20H26N4O6. The molecule has 0 aliphatic carbocycles. The number of hydrogen-bond donors (Lipinski definition) is 3. The van der Waals surface area contributed by atoms with Crippen molar-refractivity contribution in [3.8, 4) is 0 Å². The smallest absolute Gasteiger partial charge is 0.233 e. The van der Waals surface area contributed by atoms with Gasteiger partial charge in [-0.2, -0.15) is 0 Å². The highest BCUT2D eigenvalue weighted by Gasteiger charge is 2.29. The summed E-state index contributed by atoms with van der Waals surface area (Å²) >= 11 is 0. The molecule has 1 aromatic rings. The molecule has 1 aliphatic rings. The quantitative estimate of drug-likeness (QED) is 0.173. The van der Waals surface area contributed by atoms with Crippen LogP contribution in [0.15, 0.2) is 24.3 Å². The Hall–Kier alpha value is -3.27. The molecule has 3 N–H and O–H groups in total. The number of carbonyl (C=O) groups is 5. The van der Waals surface area contributed by atoms with E-state index in [1.807, 2.05) is 0 Å². The minimum absolute atomic E-state index is 0.123. The van der Waals surface area contributed by atoms with E-state index >= 15 is 0 Å². The number of benzene rings is 1. The summed E-state index contributed by atoms with van der Waals surface area (Å²) in [5, 5.41) is 7.73. The standard InChI is InChI=1S/C20H26N4O6/c25-14-21-7-1-10-30-11-8-22-17(26)13-18(27)23-16-4-2-15(3-5-16)12-20(29)24-9-6-19(24)28/h2-5,14H,1,6-13H2,(H,21,25)(H,22,26)(H,23,27). The minimum atomic E-state index is -0.455. The Kier molecular flexibility index (Phi) is 9.46. The first-order valence-corrected chi connectivity index (χ1v) is 9.73. The van der Waals surface area contributed by atoms with Crippen LogP contribution in [0.25, 0.3) is 0 Å². The van der Waals surface area contributed by atoms with E-state index in [2.05, 4.69) is 16.0 Å². The van der Waals surface area contributed by atoms with Crippen LogP contribution in [0.1, 0.15) is 24.8 Å². The van der Waals surface area contributed by atoms with Gasteiger partial charge in [-0.15, -0.1) is 0 Å².